The van der Waals surface area contributed by atoms with E-state index in [1.165, 1.54) is 6.26 Å². The highest BCUT2D eigenvalue weighted by Crippen LogP contribution is 2.22. The van der Waals surface area contributed by atoms with Crippen LogP contribution < -0.4 is 5.32 Å². The molecular weight excluding hydrogens is 368 g/mol. The number of aromatic nitrogens is 2. The van der Waals surface area contributed by atoms with Gasteiger partial charge >= 0.3 is 0 Å². The van der Waals surface area contributed by atoms with Crippen molar-refractivity contribution in [1.29, 1.82) is 0 Å². The number of fused-ring (bicyclic) bond motifs is 1. The molecule has 3 aromatic rings. The van der Waals surface area contributed by atoms with Crippen LogP contribution in [0.5, 0.6) is 0 Å². The van der Waals surface area contributed by atoms with Gasteiger partial charge in [0.2, 0.25) is 5.91 Å². The summed E-state index contributed by atoms with van der Waals surface area (Å²) in [6.07, 6.45) is 1.46. The SMILES string of the molecule is CC(C)N(C(=O)Cn1c([C@H](C)NC(=O)c2ccco2)nc2ccccc21)C(C)C. The number of hydrogen-bond donors (Lipinski definition) is 1. The zero-order chi connectivity index (χ0) is 21.1. The van der Waals surface area contributed by atoms with Crippen molar-refractivity contribution in [2.75, 3.05) is 0 Å². The molecule has 2 heterocycles. The lowest BCUT2D eigenvalue weighted by Gasteiger charge is -2.31. The minimum absolute atomic E-state index is 0.0176. The average Bonchev–Trinajstić information content (AvgIpc) is 3.29. The van der Waals surface area contributed by atoms with Crippen LogP contribution in [0, 0.1) is 0 Å². The summed E-state index contributed by atoms with van der Waals surface area (Å²) in [5.41, 5.74) is 1.65. The van der Waals surface area contributed by atoms with E-state index in [0.29, 0.717) is 5.82 Å². The van der Waals surface area contributed by atoms with Crippen molar-refractivity contribution in [3.05, 3.63) is 54.2 Å². The number of hydrogen-bond acceptors (Lipinski definition) is 4. The molecule has 0 bridgehead atoms. The van der Waals surface area contributed by atoms with Gasteiger partial charge in [0.15, 0.2) is 5.76 Å². The second-order valence-electron chi connectivity index (χ2n) is 7.71. The second kappa shape index (κ2) is 8.51. The van der Waals surface area contributed by atoms with Crippen molar-refractivity contribution in [3.63, 3.8) is 0 Å². The smallest absolute Gasteiger partial charge is 0.287 e. The number of nitrogens with one attached hydrogen (secondary N) is 1. The van der Waals surface area contributed by atoms with Gasteiger partial charge in [-0.1, -0.05) is 12.1 Å². The largest absolute Gasteiger partial charge is 0.459 e. The maximum Gasteiger partial charge on any atom is 0.287 e. The number of imidazole rings is 1. The van der Waals surface area contributed by atoms with Gasteiger partial charge in [0.1, 0.15) is 12.4 Å². The summed E-state index contributed by atoms with van der Waals surface area (Å²) in [5.74, 6) is 0.565. The zero-order valence-corrected chi connectivity index (χ0v) is 17.5. The van der Waals surface area contributed by atoms with E-state index in [1.807, 2.05) is 68.4 Å². The summed E-state index contributed by atoms with van der Waals surface area (Å²) in [6, 6.07) is 10.7. The first kappa shape index (κ1) is 20.6. The molecule has 0 aliphatic heterocycles. The molecule has 0 aliphatic carbocycles. The molecule has 0 aliphatic rings. The quantitative estimate of drug-likeness (QED) is 0.659. The van der Waals surface area contributed by atoms with Crippen LogP contribution in [0.4, 0.5) is 0 Å². The Morgan fingerprint density at radius 1 is 1.07 bits per heavy atom. The lowest BCUT2D eigenvalue weighted by atomic mass is 10.2. The molecule has 3 rings (SSSR count). The summed E-state index contributed by atoms with van der Waals surface area (Å²) in [6.45, 7) is 10.1. The zero-order valence-electron chi connectivity index (χ0n) is 17.5. The fourth-order valence-electron chi connectivity index (χ4n) is 3.72. The molecule has 2 amide bonds. The molecular formula is C22H28N4O3. The van der Waals surface area contributed by atoms with Gasteiger partial charge in [-0.2, -0.15) is 0 Å². The highest BCUT2D eigenvalue weighted by atomic mass is 16.3. The Morgan fingerprint density at radius 3 is 2.38 bits per heavy atom. The Balaban J connectivity index is 1.93. The van der Waals surface area contributed by atoms with Gasteiger partial charge in [0, 0.05) is 12.1 Å². The minimum Gasteiger partial charge on any atom is -0.459 e. The summed E-state index contributed by atoms with van der Waals surface area (Å²) in [4.78, 5) is 32.1. The van der Waals surface area contributed by atoms with Gasteiger partial charge in [0.25, 0.3) is 5.91 Å². The van der Waals surface area contributed by atoms with E-state index in [9.17, 15) is 9.59 Å². The Kier molecular flexibility index (Phi) is 6.06. The van der Waals surface area contributed by atoms with Crippen molar-refractivity contribution in [2.45, 2.75) is 59.3 Å². The highest BCUT2D eigenvalue weighted by molar-refractivity contribution is 5.91. The topological polar surface area (TPSA) is 80.4 Å². The molecule has 0 saturated carbocycles. The number of carbonyl (C=O) groups excluding carboxylic acids is 2. The van der Waals surface area contributed by atoms with Crippen LogP contribution in [-0.4, -0.2) is 38.3 Å². The van der Waals surface area contributed by atoms with E-state index in [4.69, 9.17) is 9.40 Å². The molecule has 0 spiro atoms. The number of benzene rings is 1. The Labute approximate surface area is 170 Å². The molecule has 2 aromatic heterocycles. The van der Waals surface area contributed by atoms with E-state index < -0.39 is 6.04 Å². The van der Waals surface area contributed by atoms with Crippen LogP contribution in [-0.2, 0) is 11.3 Å². The molecule has 29 heavy (non-hydrogen) atoms. The third-order valence-electron chi connectivity index (χ3n) is 4.86. The first-order chi connectivity index (χ1) is 13.8. The normalized spacial score (nSPS) is 12.5. The average molecular weight is 396 g/mol. The van der Waals surface area contributed by atoms with E-state index in [0.717, 1.165) is 11.0 Å². The van der Waals surface area contributed by atoms with Crippen molar-refractivity contribution >= 4 is 22.8 Å². The van der Waals surface area contributed by atoms with E-state index in [-0.39, 0.29) is 36.2 Å². The van der Waals surface area contributed by atoms with Crippen LogP contribution in [0.1, 0.15) is 57.0 Å². The number of para-hydroxylation sites is 2. The maximum absolute atomic E-state index is 13.1. The number of amides is 2. The number of rotatable bonds is 7. The molecule has 7 heteroatoms. The first-order valence-corrected chi connectivity index (χ1v) is 9.90. The van der Waals surface area contributed by atoms with Gasteiger partial charge in [-0.05, 0) is 58.9 Å². The fraction of sp³-hybridized carbons (Fsp3) is 0.409. The molecule has 0 unspecified atom stereocenters. The number of nitrogens with zero attached hydrogens (tertiary/aromatic N) is 3. The summed E-state index contributed by atoms with van der Waals surface area (Å²) in [7, 11) is 0. The molecule has 0 saturated heterocycles. The van der Waals surface area contributed by atoms with Crippen LogP contribution in [0.2, 0.25) is 0 Å². The Hall–Kier alpha value is -3.09. The van der Waals surface area contributed by atoms with E-state index in [1.54, 1.807) is 12.1 Å². The third kappa shape index (κ3) is 4.34. The van der Waals surface area contributed by atoms with E-state index in [2.05, 4.69) is 5.32 Å². The van der Waals surface area contributed by atoms with Crippen molar-refractivity contribution in [2.24, 2.45) is 0 Å². The molecule has 1 aromatic carbocycles. The standard InChI is InChI=1S/C22H28N4O3/c1-14(2)26(15(3)4)20(27)13-25-18-10-7-6-9-17(18)24-21(25)16(5)23-22(28)19-11-8-12-29-19/h6-12,14-16H,13H2,1-5H3,(H,23,28)/t16-/m0/s1. The van der Waals surface area contributed by atoms with E-state index >= 15 is 0 Å². The van der Waals surface area contributed by atoms with Gasteiger partial charge < -0.3 is 19.2 Å². The second-order valence-corrected chi connectivity index (χ2v) is 7.71. The summed E-state index contributed by atoms with van der Waals surface area (Å²) < 4.78 is 7.06. The van der Waals surface area contributed by atoms with Gasteiger partial charge in [-0.25, -0.2) is 4.98 Å². The minimum atomic E-state index is -0.403. The lowest BCUT2D eigenvalue weighted by molar-refractivity contribution is -0.135. The Bertz CT molecular complexity index is 981. The number of furan rings is 1. The molecule has 7 nitrogen and oxygen atoms in total. The van der Waals surface area contributed by atoms with Crippen molar-refractivity contribution in [1.82, 2.24) is 19.8 Å². The highest BCUT2D eigenvalue weighted by Gasteiger charge is 2.25. The van der Waals surface area contributed by atoms with Gasteiger partial charge in [0.05, 0.1) is 23.3 Å². The van der Waals surface area contributed by atoms with Crippen LogP contribution >= 0.6 is 0 Å². The number of carbonyl (C=O) groups is 2. The molecule has 1 N–H and O–H groups in total. The third-order valence-corrected chi connectivity index (χ3v) is 4.86. The summed E-state index contributed by atoms with van der Waals surface area (Å²) in [5, 5.41) is 2.91. The van der Waals surface area contributed by atoms with Crippen molar-refractivity contribution in [3.8, 4) is 0 Å². The Morgan fingerprint density at radius 2 is 1.76 bits per heavy atom. The maximum atomic E-state index is 13.1. The molecule has 154 valence electrons. The van der Waals surface area contributed by atoms with Crippen molar-refractivity contribution < 1.29 is 14.0 Å². The van der Waals surface area contributed by atoms with Crippen LogP contribution in [0.3, 0.4) is 0 Å². The fourth-order valence-corrected chi connectivity index (χ4v) is 3.72. The lowest BCUT2D eigenvalue weighted by Crippen LogP contribution is -2.44. The van der Waals surface area contributed by atoms with Gasteiger partial charge in [-0.3, -0.25) is 9.59 Å². The van der Waals surface area contributed by atoms with Gasteiger partial charge in [-0.15, -0.1) is 0 Å². The van der Waals surface area contributed by atoms with Crippen LogP contribution in [0.25, 0.3) is 11.0 Å². The molecule has 1 atom stereocenters. The monoisotopic (exact) mass is 396 g/mol. The van der Waals surface area contributed by atoms with Crippen LogP contribution in [0.15, 0.2) is 47.1 Å². The summed E-state index contributed by atoms with van der Waals surface area (Å²) >= 11 is 0. The first-order valence-electron chi connectivity index (χ1n) is 9.90. The molecule has 0 radical (unpaired) electrons. The predicted octanol–water partition coefficient (Wildman–Crippen LogP) is 3.77. The molecule has 0 fully saturated rings. The predicted molar refractivity (Wildman–Crippen MR) is 111 cm³/mol.